The number of Topliss-reactive ketones (excluding diaryl/α,β-unsaturated/α-hetero) is 1. The number of benzene rings is 1. The Bertz CT molecular complexity index is 849. The number of nitrogens with zero attached hydrogens (tertiary/aromatic N) is 1. The molecule has 0 bridgehead atoms. The minimum absolute atomic E-state index is 0.0726. The molecule has 1 heterocycles. The predicted molar refractivity (Wildman–Crippen MR) is 94.2 cm³/mol. The fourth-order valence-corrected chi connectivity index (χ4v) is 4.68. The lowest BCUT2D eigenvalue weighted by Crippen LogP contribution is -2.28. The Morgan fingerprint density at radius 3 is 2.71 bits per heavy atom. The van der Waals surface area contributed by atoms with Crippen LogP contribution in [0.3, 0.4) is 0 Å². The second kappa shape index (κ2) is 5.59. The summed E-state index contributed by atoms with van der Waals surface area (Å²) in [5, 5.41) is 0. The van der Waals surface area contributed by atoms with E-state index in [1.165, 1.54) is 5.56 Å². The van der Waals surface area contributed by atoms with Crippen molar-refractivity contribution in [2.24, 2.45) is 5.92 Å². The van der Waals surface area contributed by atoms with Gasteiger partial charge in [-0.05, 0) is 51.5 Å². The lowest BCUT2D eigenvalue weighted by molar-refractivity contribution is 0.0895. The van der Waals surface area contributed by atoms with Gasteiger partial charge in [-0.15, -0.1) is 0 Å². The number of halogens is 1. The Kier molecular flexibility index (Phi) is 3.64. The monoisotopic (exact) mass is 387 g/mol. The van der Waals surface area contributed by atoms with Gasteiger partial charge in [-0.25, -0.2) is 0 Å². The molecule has 0 spiro atoms. The lowest BCUT2D eigenvalue weighted by Gasteiger charge is -2.34. The largest absolute Gasteiger partial charge is 0.497 e. The van der Waals surface area contributed by atoms with E-state index in [1.54, 1.807) is 20.4 Å². The molecule has 0 aliphatic heterocycles. The van der Waals surface area contributed by atoms with E-state index in [9.17, 15) is 4.79 Å². The summed E-state index contributed by atoms with van der Waals surface area (Å²) in [6, 6.07) is 6.01. The maximum absolute atomic E-state index is 12.9. The van der Waals surface area contributed by atoms with Crippen molar-refractivity contribution in [1.82, 2.24) is 4.98 Å². The van der Waals surface area contributed by atoms with Gasteiger partial charge in [0, 0.05) is 34.1 Å². The van der Waals surface area contributed by atoms with E-state index < -0.39 is 0 Å². The van der Waals surface area contributed by atoms with Crippen LogP contribution in [-0.4, -0.2) is 25.0 Å². The molecular weight excluding hydrogens is 370 g/mol. The van der Waals surface area contributed by atoms with Crippen LogP contribution >= 0.6 is 15.9 Å². The molecule has 3 atom stereocenters. The average Bonchev–Trinajstić information content (AvgIpc) is 2.86. The Labute approximate surface area is 149 Å². The van der Waals surface area contributed by atoms with E-state index in [-0.39, 0.29) is 23.5 Å². The van der Waals surface area contributed by atoms with Crippen molar-refractivity contribution < 1.29 is 14.3 Å². The minimum atomic E-state index is -0.0726. The van der Waals surface area contributed by atoms with E-state index in [0.29, 0.717) is 5.69 Å². The summed E-state index contributed by atoms with van der Waals surface area (Å²) < 4.78 is 11.9. The highest BCUT2D eigenvalue weighted by atomic mass is 79.9. The Morgan fingerprint density at radius 1 is 1.21 bits per heavy atom. The molecule has 2 aliphatic rings. The molecule has 0 fully saturated rings. The summed E-state index contributed by atoms with van der Waals surface area (Å²) in [6.07, 6.45) is 2.50. The molecule has 1 aromatic carbocycles. The van der Waals surface area contributed by atoms with Crippen LogP contribution in [0, 0.1) is 5.92 Å². The fraction of sp³-hybridized carbons (Fsp3) is 0.368. The van der Waals surface area contributed by atoms with Gasteiger partial charge in [0.05, 0.1) is 14.2 Å². The Balaban J connectivity index is 1.89. The van der Waals surface area contributed by atoms with Crippen molar-refractivity contribution in [3.8, 4) is 11.5 Å². The van der Waals surface area contributed by atoms with Crippen LogP contribution in [0.25, 0.3) is 0 Å². The smallest absolute Gasteiger partial charge is 0.185 e. The molecule has 0 radical (unpaired) electrons. The maximum Gasteiger partial charge on any atom is 0.185 e. The molecule has 0 N–H and O–H groups in total. The number of hydrogen-bond acceptors (Lipinski definition) is 4. The van der Waals surface area contributed by atoms with Gasteiger partial charge in [-0.3, -0.25) is 9.78 Å². The van der Waals surface area contributed by atoms with Gasteiger partial charge in [-0.1, -0.05) is 6.92 Å². The van der Waals surface area contributed by atoms with Gasteiger partial charge in [0.25, 0.3) is 0 Å². The van der Waals surface area contributed by atoms with Crippen molar-refractivity contribution >= 4 is 21.7 Å². The first-order valence-corrected chi connectivity index (χ1v) is 8.79. The molecule has 2 aliphatic carbocycles. The maximum atomic E-state index is 12.9. The third-order valence-electron chi connectivity index (χ3n) is 5.34. The topological polar surface area (TPSA) is 48.4 Å². The Morgan fingerprint density at radius 2 is 2.00 bits per heavy atom. The van der Waals surface area contributed by atoms with Gasteiger partial charge in [0.1, 0.15) is 17.2 Å². The van der Waals surface area contributed by atoms with Gasteiger partial charge in [0.2, 0.25) is 0 Å². The number of pyridine rings is 1. The van der Waals surface area contributed by atoms with Crippen LogP contribution < -0.4 is 9.47 Å². The van der Waals surface area contributed by atoms with Crippen LogP contribution in [0.4, 0.5) is 0 Å². The van der Waals surface area contributed by atoms with E-state index >= 15 is 0 Å². The highest BCUT2D eigenvalue weighted by molar-refractivity contribution is 9.10. The predicted octanol–water partition coefficient (Wildman–Crippen LogP) is 4.12. The number of ether oxygens (including phenoxy) is 2. The second-order valence-electron chi connectivity index (χ2n) is 6.48. The zero-order valence-corrected chi connectivity index (χ0v) is 15.4. The summed E-state index contributed by atoms with van der Waals surface area (Å²) in [4.78, 5) is 17.3. The number of aromatic nitrogens is 1. The minimum Gasteiger partial charge on any atom is -0.497 e. The van der Waals surface area contributed by atoms with Crippen molar-refractivity contribution in [1.29, 1.82) is 0 Å². The van der Waals surface area contributed by atoms with Gasteiger partial charge >= 0.3 is 0 Å². The van der Waals surface area contributed by atoms with Crippen LogP contribution in [0.5, 0.6) is 11.5 Å². The van der Waals surface area contributed by atoms with Crippen molar-refractivity contribution in [3.05, 3.63) is 51.3 Å². The fourth-order valence-electron chi connectivity index (χ4n) is 4.34. The quantitative estimate of drug-likeness (QED) is 0.777. The van der Waals surface area contributed by atoms with Gasteiger partial charge in [0.15, 0.2) is 5.78 Å². The zero-order chi connectivity index (χ0) is 17.0. The van der Waals surface area contributed by atoms with E-state index in [2.05, 4.69) is 33.9 Å². The van der Waals surface area contributed by atoms with Gasteiger partial charge < -0.3 is 9.47 Å². The first kappa shape index (κ1) is 15.6. The number of hydrogen-bond donors (Lipinski definition) is 0. The van der Waals surface area contributed by atoms with Crippen molar-refractivity contribution in [2.45, 2.75) is 25.2 Å². The molecular formula is C19H18BrNO3. The molecule has 0 amide bonds. The molecule has 2 aromatic rings. The van der Waals surface area contributed by atoms with Crippen LogP contribution in [0.2, 0.25) is 0 Å². The molecule has 0 saturated carbocycles. The van der Waals surface area contributed by atoms with E-state index in [0.717, 1.165) is 33.5 Å². The van der Waals surface area contributed by atoms with E-state index in [1.807, 2.05) is 12.1 Å². The SMILES string of the molecule is COc1cc2c(c(OC)c1)[C@@H](C)[C@@H]1C(=O)c3ncc(Br)cc3[C@@H]1C2. The van der Waals surface area contributed by atoms with Crippen LogP contribution in [0.15, 0.2) is 28.9 Å². The van der Waals surface area contributed by atoms with Crippen LogP contribution in [0.1, 0.15) is 45.9 Å². The first-order chi connectivity index (χ1) is 11.5. The lowest BCUT2D eigenvalue weighted by atomic mass is 9.69. The van der Waals surface area contributed by atoms with E-state index in [4.69, 9.17) is 9.47 Å². The molecule has 0 saturated heterocycles. The summed E-state index contributed by atoms with van der Waals surface area (Å²) in [6.45, 7) is 2.11. The molecule has 4 nitrogen and oxygen atoms in total. The number of methoxy groups -OCH3 is 2. The highest BCUT2D eigenvalue weighted by Crippen LogP contribution is 2.53. The molecule has 24 heavy (non-hydrogen) atoms. The number of carbonyl (C=O) groups is 1. The summed E-state index contributed by atoms with van der Waals surface area (Å²) in [7, 11) is 3.32. The number of carbonyl (C=O) groups excluding carboxylic acids is 1. The second-order valence-corrected chi connectivity index (χ2v) is 7.40. The van der Waals surface area contributed by atoms with Crippen LogP contribution in [-0.2, 0) is 6.42 Å². The number of rotatable bonds is 2. The molecule has 124 valence electrons. The highest BCUT2D eigenvalue weighted by Gasteiger charge is 2.48. The molecule has 4 rings (SSSR count). The summed E-state index contributed by atoms with van der Waals surface area (Å²) in [5.41, 5.74) is 4.00. The molecule has 1 aromatic heterocycles. The third kappa shape index (κ3) is 2.10. The van der Waals surface area contributed by atoms with Crippen molar-refractivity contribution in [2.75, 3.05) is 14.2 Å². The average molecular weight is 388 g/mol. The summed E-state index contributed by atoms with van der Waals surface area (Å²) >= 11 is 3.48. The summed E-state index contributed by atoms with van der Waals surface area (Å²) in [5.74, 6) is 1.91. The Hall–Kier alpha value is -1.88. The standard InChI is InChI=1S/C19H18BrNO3/c1-9-16-10(4-12(23-2)7-15(16)24-3)5-13-14-6-11(20)8-21-18(14)19(22)17(9)13/h4,6-9,13,17H,5H2,1-3H3/t9-,13+,17+/m1/s1. The first-order valence-electron chi connectivity index (χ1n) is 7.99. The molecule has 5 heteroatoms. The zero-order valence-electron chi connectivity index (χ0n) is 13.8. The third-order valence-corrected chi connectivity index (χ3v) is 5.78. The number of ketones is 1. The number of fused-ring (bicyclic) bond motifs is 4. The normalized spacial score (nSPS) is 24.2. The molecule has 0 unspecified atom stereocenters. The van der Waals surface area contributed by atoms with Gasteiger partial charge in [-0.2, -0.15) is 0 Å². The van der Waals surface area contributed by atoms with Crippen molar-refractivity contribution in [3.63, 3.8) is 0 Å².